The van der Waals surface area contributed by atoms with E-state index in [1.54, 1.807) is 24.3 Å². The van der Waals surface area contributed by atoms with Crippen LogP contribution in [0.4, 0.5) is 17.1 Å². The highest BCUT2D eigenvalue weighted by Gasteiger charge is 2.15. The van der Waals surface area contributed by atoms with Crippen LogP contribution in [-0.4, -0.2) is 11.1 Å². The van der Waals surface area contributed by atoms with Crippen LogP contribution in [0.2, 0.25) is 5.02 Å². The molecular formula is C14H10ClN3O2. The van der Waals surface area contributed by atoms with Gasteiger partial charge in [0.1, 0.15) is 0 Å². The van der Waals surface area contributed by atoms with Crippen LogP contribution < -0.4 is 11.1 Å². The lowest BCUT2D eigenvalue weighted by Crippen LogP contribution is -2.05. The van der Waals surface area contributed by atoms with Crippen LogP contribution in [0.3, 0.4) is 0 Å². The van der Waals surface area contributed by atoms with Crippen LogP contribution in [0.25, 0.3) is 0 Å². The molecule has 0 aromatic heterocycles. The van der Waals surface area contributed by atoms with Gasteiger partial charge in [-0.15, -0.1) is 0 Å². The van der Waals surface area contributed by atoms with Crippen molar-refractivity contribution in [2.75, 3.05) is 11.1 Å². The Hall–Kier alpha value is -2.71. The van der Waals surface area contributed by atoms with Gasteiger partial charge in [0.05, 0.1) is 27.9 Å². The third kappa shape index (κ3) is 2.82. The van der Waals surface area contributed by atoms with Gasteiger partial charge in [-0.25, -0.2) is 4.79 Å². The Morgan fingerprint density at radius 2 is 1.95 bits per heavy atom. The summed E-state index contributed by atoms with van der Waals surface area (Å²) < 4.78 is 0. The number of nitrogen functional groups attached to an aromatic ring is 1. The number of halogens is 1. The number of anilines is 3. The van der Waals surface area contributed by atoms with Gasteiger partial charge in [-0.2, -0.15) is 5.26 Å². The van der Waals surface area contributed by atoms with Crippen molar-refractivity contribution in [2.45, 2.75) is 0 Å². The Morgan fingerprint density at radius 3 is 2.50 bits per heavy atom. The van der Waals surface area contributed by atoms with Crippen LogP contribution in [0, 0.1) is 11.3 Å². The van der Waals surface area contributed by atoms with E-state index in [0.29, 0.717) is 11.3 Å². The minimum Gasteiger partial charge on any atom is -0.478 e. The maximum Gasteiger partial charge on any atom is 0.337 e. The third-order valence-electron chi connectivity index (χ3n) is 2.63. The first-order valence-electron chi connectivity index (χ1n) is 5.61. The molecule has 0 fully saturated rings. The minimum absolute atomic E-state index is 0.0145. The molecule has 5 nitrogen and oxygen atoms in total. The molecule has 0 aliphatic heterocycles. The van der Waals surface area contributed by atoms with Crippen molar-refractivity contribution in [3.05, 3.63) is 52.5 Å². The molecule has 6 heteroatoms. The maximum absolute atomic E-state index is 11.2. The summed E-state index contributed by atoms with van der Waals surface area (Å²) in [5.41, 5.74) is 7.24. The van der Waals surface area contributed by atoms with Gasteiger partial charge in [0.15, 0.2) is 0 Å². The van der Waals surface area contributed by atoms with Crippen LogP contribution in [0.5, 0.6) is 0 Å². The molecule has 0 atom stereocenters. The maximum atomic E-state index is 11.2. The van der Waals surface area contributed by atoms with E-state index >= 15 is 0 Å². The van der Waals surface area contributed by atoms with Crippen molar-refractivity contribution < 1.29 is 9.90 Å². The molecule has 2 aromatic rings. The molecule has 4 N–H and O–H groups in total. The Balaban J connectivity index is 2.42. The van der Waals surface area contributed by atoms with Crippen LogP contribution in [-0.2, 0) is 0 Å². The lowest BCUT2D eigenvalue weighted by atomic mass is 10.1. The first kappa shape index (κ1) is 13.7. The summed E-state index contributed by atoms with van der Waals surface area (Å²) in [6.45, 7) is 0. The number of hydrogen-bond acceptors (Lipinski definition) is 4. The minimum atomic E-state index is -1.13. The van der Waals surface area contributed by atoms with E-state index in [4.69, 9.17) is 22.6 Å². The predicted molar refractivity (Wildman–Crippen MR) is 77.3 cm³/mol. The summed E-state index contributed by atoms with van der Waals surface area (Å²) >= 11 is 6.03. The van der Waals surface area contributed by atoms with E-state index in [1.165, 1.54) is 12.1 Å². The number of carboxylic acids is 1. The molecule has 0 aliphatic rings. The van der Waals surface area contributed by atoms with E-state index in [1.807, 2.05) is 6.07 Å². The van der Waals surface area contributed by atoms with Crippen LogP contribution in [0.1, 0.15) is 15.9 Å². The van der Waals surface area contributed by atoms with Crippen LogP contribution in [0.15, 0.2) is 36.4 Å². The number of nitrogens with zero attached hydrogens (tertiary/aromatic N) is 1. The lowest BCUT2D eigenvalue weighted by molar-refractivity contribution is 0.0698. The number of nitriles is 1. The van der Waals surface area contributed by atoms with Crippen molar-refractivity contribution in [1.29, 1.82) is 5.26 Å². The molecule has 0 aliphatic carbocycles. The molecule has 0 radical (unpaired) electrons. The molecule has 0 saturated carbocycles. The summed E-state index contributed by atoms with van der Waals surface area (Å²) in [6, 6.07) is 11.4. The molecule has 100 valence electrons. The fourth-order valence-corrected chi connectivity index (χ4v) is 1.97. The molecule has 2 rings (SSSR count). The number of aromatic carboxylic acids is 1. The van der Waals surface area contributed by atoms with Crippen molar-refractivity contribution >= 4 is 34.6 Å². The number of carboxylic acid groups (broad SMARTS) is 1. The number of hydrogen-bond donors (Lipinski definition) is 3. The second kappa shape index (κ2) is 5.51. The topological polar surface area (TPSA) is 99.1 Å². The number of benzene rings is 2. The number of rotatable bonds is 3. The molecule has 0 spiro atoms. The number of nitrogens with one attached hydrogen (secondary N) is 1. The average molecular weight is 288 g/mol. The highest BCUT2D eigenvalue weighted by atomic mass is 35.5. The second-order valence-electron chi connectivity index (χ2n) is 4.04. The largest absolute Gasteiger partial charge is 0.478 e. The predicted octanol–water partition coefficient (Wildman–Crippen LogP) is 3.24. The van der Waals surface area contributed by atoms with Crippen molar-refractivity contribution in [1.82, 2.24) is 0 Å². The second-order valence-corrected chi connectivity index (χ2v) is 4.45. The summed E-state index contributed by atoms with van der Waals surface area (Å²) in [5, 5.41) is 21.0. The van der Waals surface area contributed by atoms with Gasteiger partial charge in [-0.1, -0.05) is 11.6 Å². The molecule has 0 saturated heterocycles. The molecule has 0 unspecified atom stereocenters. The van der Waals surface area contributed by atoms with E-state index in [-0.39, 0.29) is 22.0 Å². The summed E-state index contributed by atoms with van der Waals surface area (Å²) in [6.07, 6.45) is 0. The van der Waals surface area contributed by atoms with E-state index in [9.17, 15) is 9.90 Å². The number of carbonyl (C=O) groups is 1. The molecule has 2 aromatic carbocycles. The van der Waals surface area contributed by atoms with Crippen LogP contribution >= 0.6 is 11.6 Å². The fourth-order valence-electron chi connectivity index (χ4n) is 1.70. The SMILES string of the molecule is N#Cc1ccc(Nc2c(Cl)cc(N)cc2C(=O)O)cc1. The molecule has 0 amide bonds. The molecular weight excluding hydrogens is 278 g/mol. The van der Waals surface area contributed by atoms with Crippen molar-refractivity contribution in [3.8, 4) is 6.07 Å². The Labute approximate surface area is 120 Å². The monoisotopic (exact) mass is 287 g/mol. The van der Waals surface area contributed by atoms with E-state index in [2.05, 4.69) is 5.32 Å². The Kier molecular flexibility index (Phi) is 3.78. The molecule has 0 heterocycles. The zero-order valence-electron chi connectivity index (χ0n) is 10.2. The standard InChI is InChI=1S/C14H10ClN3O2/c15-12-6-9(17)5-11(14(19)20)13(12)18-10-3-1-8(7-16)2-4-10/h1-6,18H,17H2,(H,19,20). The summed E-state index contributed by atoms with van der Waals surface area (Å²) in [5.74, 6) is -1.13. The highest BCUT2D eigenvalue weighted by molar-refractivity contribution is 6.34. The first-order valence-corrected chi connectivity index (χ1v) is 5.98. The zero-order valence-corrected chi connectivity index (χ0v) is 11.0. The van der Waals surface area contributed by atoms with Gasteiger partial charge < -0.3 is 16.2 Å². The lowest BCUT2D eigenvalue weighted by Gasteiger charge is -2.12. The fraction of sp³-hybridized carbons (Fsp3) is 0. The van der Waals surface area contributed by atoms with Gasteiger partial charge in [0.2, 0.25) is 0 Å². The summed E-state index contributed by atoms with van der Waals surface area (Å²) in [7, 11) is 0. The van der Waals surface area contributed by atoms with Gasteiger partial charge in [0, 0.05) is 11.4 Å². The van der Waals surface area contributed by atoms with Gasteiger partial charge in [-0.05, 0) is 36.4 Å². The highest BCUT2D eigenvalue weighted by Crippen LogP contribution is 2.31. The average Bonchev–Trinajstić information content (AvgIpc) is 2.42. The summed E-state index contributed by atoms with van der Waals surface area (Å²) in [4.78, 5) is 11.2. The smallest absolute Gasteiger partial charge is 0.337 e. The number of nitrogens with two attached hydrogens (primary N) is 1. The quantitative estimate of drug-likeness (QED) is 0.753. The van der Waals surface area contributed by atoms with E-state index < -0.39 is 5.97 Å². The van der Waals surface area contributed by atoms with E-state index in [0.717, 1.165) is 0 Å². The Morgan fingerprint density at radius 1 is 1.30 bits per heavy atom. The molecule has 0 bridgehead atoms. The first-order chi connectivity index (χ1) is 9.51. The third-order valence-corrected chi connectivity index (χ3v) is 2.92. The Bertz CT molecular complexity index is 706. The van der Waals surface area contributed by atoms with Gasteiger partial charge >= 0.3 is 5.97 Å². The van der Waals surface area contributed by atoms with Gasteiger partial charge in [-0.3, -0.25) is 0 Å². The zero-order chi connectivity index (χ0) is 14.7. The normalized spacial score (nSPS) is 9.80. The van der Waals surface area contributed by atoms with Crippen molar-refractivity contribution in [3.63, 3.8) is 0 Å². The molecule has 20 heavy (non-hydrogen) atoms. The van der Waals surface area contributed by atoms with Crippen molar-refractivity contribution in [2.24, 2.45) is 0 Å². The van der Waals surface area contributed by atoms with Gasteiger partial charge in [0.25, 0.3) is 0 Å².